The number of aromatic nitrogens is 2. The molecule has 0 aliphatic carbocycles. The SMILES string of the molecule is CC(C)(C)c1ccc(N2C=CC=CC2SCc2ccncn2)cc1. The second kappa shape index (κ2) is 7.22. The van der Waals surface area contributed by atoms with Crippen LogP contribution in [0.2, 0.25) is 0 Å². The summed E-state index contributed by atoms with van der Waals surface area (Å²) in [5.41, 5.74) is 3.80. The van der Waals surface area contributed by atoms with Crippen LogP contribution in [0.4, 0.5) is 5.69 Å². The van der Waals surface area contributed by atoms with Crippen molar-refractivity contribution in [3.63, 3.8) is 0 Å². The molecule has 0 spiro atoms. The van der Waals surface area contributed by atoms with Crippen LogP contribution in [0.1, 0.15) is 32.0 Å². The lowest BCUT2D eigenvalue weighted by atomic mass is 9.87. The lowest BCUT2D eigenvalue weighted by Gasteiger charge is -2.30. The molecule has 0 bridgehead atoms. The van der Waals surface area contributed by atoms with Crippen LogP contribution < -0.4 is 4.90 Å². The van der Waals surface area contributed by atoms with Gasteiger partial charge in [-0.1, -0.05) is 45.1 Å². The van der Waals surface area contributed by atoms with Gasteiger partial charge >= 0.3 is 0 Å². The fourth-order valence-electron chi connectivity index (χ4n) is 2.56. The van der Waals surface area contributed by atoms with Gasteiger partial charge in [0.05, 0.1) is 11.1 Å². The van der Waals surface area contributed by atoms with Crippen molar-refractivity contribution in [3.05, 3.63) is 78.5 Å². The van der Waals surface area contributed by atoms with Gasteiger partial charge in [0.25, 0.3) is 0 Å². The van der Waals surface area contributed by atoms with Crippen molar-refractivity contribution in [2.75, 3.05) is 4.90 Å². The molecule has 0 saturated carbocycles. The van der Waals surface area contributed by atoms with Gasteiger partial charge in [-0.05, 0) is 35.3 Å². The summed E-state index contributed by atoms with van der Waals surface area (Å²) < 4.78 is 0. The molecule has 1 aromatic carbocycles. The topological polar surface area (TPSA) is 29.0 Å². The average molecular weight is 337 g/mol. The largest absolute Gasteiger partial charge is 0.332 e. The summed E-state index contributed by atoms with van der Waals surface area (Å²) in [7, 11) is 0. The first-order chi connectivity index (χ1) is 11.5. The van der Waals surface area contributed by atoms with Gasteiger partial charge < -0.3 is 4.90 Å². The van der Waals surface area contributed by atoms with E-state index in [0.29, 0.717) is 0 Å². The number of allylic oxidation sites excluding steroid dienone is 2. The number of thioether (sulfide) groups is 1. The highest BCUT2D eigenvalue weighted by Crippen LogP contribution is 2.31. The van der Waals surface area contributed by atoms with Crippen LogP contribution in [0.15, 0.2) is 67.3 Å². The molecule has 4 heteroatoms. The van der Waals surface area contributed by atoms with Crippen molar-refractivity contribution in [1.29, 1.82) is 0 Å². The molecule has 0 saturated heterocycles. The Hall–Kier alpha value is -2.07. The maximum atomic E-state index is 4.31. The molecule has 1 unspecified atom stereocenters. The molecule has 0 radical (unpaired) electrons. The molecule has 124 valence electrons. The van der Waals surface area contributed by atoms with E-state index in [9.17, 15) is 0 Å². The third-order valence-corrected chi connectivity index (χ3v) is 5.17. The van der Waals surface area contributed by atoms with E-state index in [1.54, 1.807) is 12.5 Å². The van der Waals surface area contributed by atoms with Gasteiger partial charge in [0.15, 0.2) is 0 Å². The Morgan fingerprint density at radius 3 is 2.54 bits per heavy atom. The molecule has 2 heterocycles. The van der Waals surface area contributed by atoms with Gasteiger partial charge in [0.1, 0.15) is 6.33 Å². The van der Waals surface area contributed by atoms with Gasteiger partial charge in [-0.25, -0.2) is 9.97 Å². The molecule has 2 aromatic rings. The van der Waals surface area contributed by atoms with Crippen molar-refractivity contribution in [2.45, 2.75) is 37.3 Å². The molecule has 0 amide bonds. The summed E-state index contributed by atoms with van der Waals surface area (Å²) in [5.74, 6) is 0.863. The zero-order valence-electron chi connectivity index (χ0n) is 14.4. The van der Waals surface area contributed by atoms with Crippen LogP contribution in [0.5, 0.6) is 0 Å². The fraction of sp³-hybridized carbons (Fsp3) is 0.300. The number of anilines is 1. The molecule has 1 aliphatic heterocycles. The Morgan fingerprint density at radius 1 is 1.08 bits per heavy atom. The maximum Gasteiger partial charge on any atom is 0.115 e. The maximum absolute atomic E-state index is 4.31. The molecular formula is C20H23N3S. The zero-order valence-corrected chi connectivity index (χ0v) is 15.2. The summed E-state index contributed by atoms with van der Waals surface area (Å²) in [6.07, 6.45) is 12.0. The molecule has 3 rings (SSSR count). The summed E-state index contributed by atoms with van der Waals surface area (Å²) in [5, 5.41) is 0.269. The highest BCUT2D eigenvalue weighted by atomic mass is 32.2. The molecule has 3 nitrogen and oxygen atoms in total. The Morgan fingerprint density at radius 2 is 1.88 bits per heavy atom. The van der Waals surface area contributed by atoms with E-state index in [1.165, 1.54) is 11.3 Å². The van der Waals surface area contributed by atoms with Crippen molar-refractivity contribution in [2.24, 2.45) is 0 Å². The van der Waals surface area contributed by atoms with Gasteiger partial charge in [0.2, 0.25) is 0 Å². The van der Waals surface area contributed by atoms with E-state index in [4.69, 9.17) is 0 Å². The van der Waals surface area contributed by atoms with Crippen molar-refractivity contribution in [1.82, 2.24) is 9.97 Å². The number of nitrogens with zero attached hydrogens (tertiary/aromatic N) is 3. The first kappa shape index (κ1) is 16.8. The van der Waals surface area contributed by atoms with Crippen LogP contribution in [0.3, 0.4) is 0 Å². The Labute approximate surface area is 148 Å². The van der Waals surface area contributed by atoms with Crippen LogP contribution in [-0.2, 0) is 11.2 Å². The quantitative estimate of drug-likeness (QED) is 0.791. The molecule has 1 aliphatic rings. The molecule has 1 aromatic heterocycles. The van der Waals surface area contributed by atoms with Crippen LogP contribution >= 0.6 is 11.8 Å². The van der Waals surface area contributed by atoms with E-state index >= 15 is 0 Å². The van der Waals surface area contributed by atoms with E-state index in [-0.39, 0.29) is 10.8 Å². The van der Waals surface area contributed by atoms with Gasteiger partial charge in [-0.3, -0.25) is 0 Å². The first-order valence-corrected chi connectivity index (χ1v) is 9.19. The van der Waals surface area contributed by atoms with Gasteiger partial charge in [0, 0.05) is 23.8 Å². The van der Waals surface area contributed by atoms with E-state index < -0.39 is 0 Å². The molecule has 1 atom stereocenters. The third-order valence-electron chi connectivity index (χ3n) is 3.98. The Bertz CT molecular complexity index is 715. The predicted octanol–water partition coefficient (Wildman–Crippen LogP) is 4.92. The van der Waals surface area contributed by atoms with Crippen LogP contribution in [0, 0.1) is 0 Å². The lowest BCUT2D eigenvalue weighted by molar-refractivity contribution is 0.590. The smallest absolute Gasteiger partial charge is 0.115 e. The average Bonchev–Trinajstić information content (AvgIpc) is 2.60. The number of benzene rings is 1. The van der Waals surface area contributed by atoms with E-state index in [2.05, 4.69) is 84.3 Å². The highest BCUT2D eigenvalue weighted by Gasteiger charge is 2.19. The molecule has 0 fully saturated rings. The predicted molar refractivity (Wildman–Crippen MR) is 103 cm³/mol. The normalized spacial score (nSPS) is 17.3. The summed E-state index contributed by atoms with van der Waals surface area (Å²) >= 11 is 1.86. The lowest BCUT2D eigenvalue weighted by Crippen LogP contribution is -2.27. The van der Waals surface area contributed by atoms with Crippen molar-refractivity contribution in [3.8, 4) is 0 Å². The fourth-order valence-corrected chi connectivity index (χ4v) is 3.62. The van der Waals surface area contributed by atoms with Gasteiger partial charge in [-0.15, -0.1) is 11.8 Å². The number of rotatable bonds is 4. The van der Waals surface area contributed by atoms with Crippen LogP contribution in [0.25, 0.3) is 0 Å². The standard InChI is InChI=1S/C20H23N3S/c1-20(2,3)16-7-9-18(10-8-16)23-13-5-4-6-19(23)24-14-17-11-12-21-15-22-17/h4-13,15,19H,14H2,1-3H3. The second-order valence-electron chi connectivity index (χ2n) is 6.83. The Kier molecular flexibility index (Phi) is 5.05. The van der Waals surface area contributed by atoms with E-state index in [0.717, 1.165) is 11.4 Å². The number of hydrogen-bond donors (Lipinski definition) is 0. The van der Waals surface area contributed by atoms with Crippen molar-refractivity contribution >= 4 is 17.4 Å². The van der Waals surface area contributed by atoms with Crippen molar-refractivity contribution < 1.29 is 0 Å². The van der Waals surface area contributed by atoms with Crippen LogP contribution in [-0.4, -0.2) is 15.3 Å². The highest BCUT2D eigenvalue weighted by molar-refractivity contribution is 7.99. The zero-order chi connectivity index (χ0) is 17.0. The second-order valence-corrected chi connectivity index (χ2v) is 7.94. The first-order valence-electron chi connectivity index (χ1n) is 8.14. The summed E-state index contributed by atoms with van der Waals surface area (Å²) in [6, 6.07) is 10.9. The minimum absolute atomic E-state index is 0.178. The third kappa shape index (κ3) is 4.06. The minimum atomic E-state index is 0.178. The molecule has 24 heavy (non-hydrogen) atoms. The van der Waals surface area contributed by atoms with Gasteiger partial charge in [-0.2, -0.15) is 0 Å². The van der Waals surface area contributed by atoms with E-state index in [1.807, 2.05) is 17.8 Å². The summed E-state index contributed by atoms with van der Waals surface area (Å²) in [4.78, 5) is 10.6. The monoisotopic (exact) mass is 337 g/mol. The Balaban J connectivity index is 1.73. The summed E-state index contributed by atoms with van der Waals surface area (Å²) in [6.45, 7) is 6.73. The minimum Gasteiger partial charge on any atom is -0.332 e. The molecular weight excluding hydrogens is 314 g/mol. The number of hydrogen-bond acceptors (Lipinski definition) is 4. The molecule has 0 N–H and O–H groups in total.